The fourth-order valence-electron chi connectivity index (χ4n) is 2.34. The predicted octanol–water partition coefficient (Wildman–Crippen LogP) is 1.62. The Morgan fingerprint density at radius 2 is 2.25 bits per heavy atom. The molecule has 16 heavy (non-hydrogen) atoms. The third kappa shape index (κ3) is 2.38. The van der Waals surface area contributed by atoms with Gasteiger partial charge in [-0.05, 0) is 27.2 Å². The van der Waals surface area contributed by atoms with Crippen molar-refractivity contribution in [2.24, 2.45) is 7.05 Å². The van der Waals surface area contributed by atoms with E-state index in [1.54, 1.807) is 0 Å². The van der Waals surface area contributed by atoms with Crippen LogP contribution in [-0.2, 0) is 7.05 Å². The summed E-state index contributed by atoms with van der Waals surface area (Å²) in [6, 6.07) is 1.23. The Kier molecular flexibility index (Phi) is 3.19. The Hall–Kier alpha value is -1.03. The largest absolute Gasteiger partial charge is 0.378 e. The Labute approximate surface area is 97.6 Å². The first kappa shape index (κ1) is 11.5. The van der Waals surface area contributed by atoms with Gasteiger partial charge in [0.25, 0.3) is 0 Å². The Bertz CT molecular complexity index is 356. The van der Waals surface area contributed by atoms with Gasteiger partial charge in [0.1, 0.15) is 0 Å². The summed E-state index contributed by atoms with van der Waals surface area (Å²) in [6.45, 7) is 8.92. The van der Waals surface area contributed by atoms with Crippen LogP contribution in [0.2, 0.25) is 0 Å². The summed E-state index contributed by atoms with van der Waals surface area (Å²) in [5.74, 6) is 0. The summed E-state index contributed by atoms with van der Waals surface area (Å²) in [5.41, 5.74) is 2.27. The second-order valence-corrected chi connectivity index (χ2v) is 5.02. The van der Waals surface area contributed by atoms with Crippen LogP contribution < -0.4 is 5.32 Å². The molecule has 1 fully saturated rings. The lowest BCUT2D eigenvalue weighted by molar-refractivity contribution is 0.274. The van der Waals surface area contributed by atoms with Crippen molar-refractivity contribution in [1.82, 2.24) is 14.7 Å². The molecule has 0 amide bonds. The number of anilines is 1. The fraction of sp³-hybridized carbons (Fsp3) is 0.750. The molecule has 2 rings (SSSR count). The van der Waals surface area contributed by atoms with Gasteiger partial charge in [0, 0.05) is 38.4 Å². The third-order valence-corrected chi connectivity index (χ3v) is 3.32. The Morgan fingerprint density at radius 3 is 2.75 bits per heavy atom. The molecule has 90 valence electrons. The molecule has 1 N–H and O–H groups in total. The highest BCUT2D eigenvalue weighted by molar-refractivity contribution is 5.46. The van der Waals surface area contributed by atoms with E-state index in [2.05, 4.69) is 42.3 Å². The minimum Gasteiger partial charge on any atom is -0.378 e. The number of aryl methyl sites for hydroxylation is 2. The zero-order chi connectivity index (χ0) is 11.7. The van der Waals surface area contributed by atoms with Crippen molar-refractivity contribution in [3.05, 3.63) is 11.9 Å². The molecule has 1 aromatic rings. The topological polar surface area (TPSA) is 33.1 Å². The predicted molar refractivity (Wildman–Crippen MR) is 66.7 cm³/mol. The number of nitrogens with zero attached hydrogens (tertiary/aromatic N) is 3. The first-order valence-corrected chi connectivity index (χ1v) is 6.07. The number of rotatable bonds is 3. The van der Waals surface area contributed by atoms with E-state index in [0.29, 0.717) is 12.1 Å². The van der Waals surface area contributed by atoms with Gasteiger partial charge < -0.3 is 5.32 Å². The standard InChI is InChI=1S/C12H22N4/c1-9(2)16-6-5-11(7-16)13-12-8-15(4)14-10(12)3/h8-9,11,13H,5-7H2,1-4H3. The smallest absolute Gasteiger partial charge is 0.0825 e. The molecule has 1 aromatic heterocycles. The highest BCUT2D eigenvalue weighted by Gasteiger charge is 2.24. The maximum Gasteiger partial charge on any atom is 0.0825 e. The molecule has 1 atom stereocenters. The van der Waals surface area contributed by atoms with Gasteiger partial charge in [-0.25, -0.2) is 0 Å². The van der Waals surface area contributed by atoms with E-state index in [0.717, 1.165) is 12.2 Å². The van der Waals surface area contributed by atoms with Crippen LogP contribution in [0.4, 0.5) is 5.69 Å². The van der Waals surface area contributed by atoms with Gasteiger partial charge in [-0.3, -0.25) is 9.58 Å². The molecule has 0 radical (unpaired) electrons. The normalized spacial score (nSPS) is 21.9. The van der Waals surface area contributed by atoms with Crippen molar-refractivity contribution < 1.29 is 0 Å². The average molecular weight is 222 g/mol. The van der Waals surface area contributed by atoms with Gasteiger partial charge in [0.15, 0.2) is 0 Å². The summed E-state index contributed by atoms with van der Waals surface area (Å²) in [4.78, 5) is 2.52. The van der Waals surface area contributed by atoms with Crippen molar-refractivity contribution in [1.29, 1.82) is 0 Å². The zero-order valence-corrected chi connectivity index (χ0v) is 10.7. The third-order valence-electron chi connectivity index (χ3n) is 3.32. The molecule has 1 aliphatic rings. The molecule has 0 bridgehead atoms. The van der Waals surface area contributed by atoms with Crippen molar-refractivity contribution in [2.45, 2.75) is 39.3 Å². The number of hydrogen-bond acceptors (Lipinski definition) is 3. The summed E-state index contributed by atoms with van der Waals surface area (Å²) in [7, 11) is 1.97. The van der Waals surface area contributed by atoms with Crippen molar-refractivity contribution in [3.63, 3.8) is 0 Å². The van der Waals surface area contributed by atoms with Gasteiger partial charge in [0.2, 0.25) is 0 Å². The van der Waals surface area contributed by atoms with Gasteiger partial charge in [-0.1, -0.05) is 0 Å². The Morgan fingerprint density at radius 1 is 1.50 bits per heavy atom. The van der Waals surface area contributed by atoms with Crippen LogP contribution >= 0.6 is 0 Å². The Balaban J connectivity index is 1.94. The molecular formula is C12H22N4. The van der Waals surface area contributed by atoms with Gasteiger partial charge >= 0.3 is 0 Å². The van der Waals surface area contributed by atoms with E-state index in [1.165, 1.54) is 18.7 Å². The number of aromatic nitrogens is 2. The van der Waals surface area contributed by atoms with Crippen LogP contribution in [0.1, 0.15) is 26.0 Å². The molecule has 0 saturated carbocycles. The second-order valence-electron chi connectivity index (χ2n) is 5.02. The van der Waals surface area contributed by atoms with E-state index in [1.807, 2.05) is 11.7 Å². The number of nitrogens with one attached hydrogen (secondary N) is 1. The SMILES string of the molecule is Cc1nn(C)cc1NC1CCN(C(C)C)C1. The molecule has 0 aromatic carbocycles. The zero-order valence-electron chi connectivity index (χ0n) is 10.7. The summed E-state index contributed by atoms with van der Waals surface area (Å²) in [6.07, 6.45) is 3.29. The summed E-state index contributed by atoms with van der Waals surface area (Å²) >= 11 is 0. The molecule has 4 heteroatoms. The van der Waals surface area contributed by atoms with Crippen molar-refractivity contribution >= 4 is 5.69 Å². The highest BCUT2D eigenvalue weighted by Crippen LogP contribution is 2.19. The fourth-order valence-corrected chi connectivity index (χ4v) is 2.34. The molecule has 0 spiro atoms. The maximum absolute atomic E-state index is 4.35. The maximum atomic E-state index is 4.35. The van der Waals surface area contributed by atoms with E-state index in [-0.39, 0.29) is 0 Å². The highest BCUT2D eigenvalue weighted by atomic mass is 15.3. The molecule has 2 heterocycles. The van der Waals surface area contributed by atoms with Crippen LogP contribution in [0.5, 0.6) is 0 Å². The van der Waals surface area contributed by atoms with E-state index in [9.17, 15) is 0 Å². The minimum absolute atomic E-state index is 0.574. The van der Waals surface area contributed by atoms with E-state index >= 15 is 0 Å². The lowest BCUT2D eigenvalue weighted by atomic mass is 10.2. The van der Waals surface area contributed by atoms with Gasteiger partial charge in [-0.15, -0.1) is 0 Å². The van der Waals surface area contributed by atoms with Crippen molar-refractivity contribution in [3.8, 4) is 0 Å². The molecule has 4 nitrogen and oxygen atoms in total. The monoisotopic (exact) mass is 222 g/mol. The quantitative estimate of drug-likeness (QED) is 0.843. The van der Waals surface area contributed by atoms with Gasteiger partial charge in [-0.2, -0.15) is 5.10 Å². The molecular weight excluding hydrogens is 200 g/mol. The number of likely N-dealkylation sites (tertiary alicyclic amines) is 1. The molecule has 1 saturated heterocycles. The van der Waals surface area contributed by atoms with E-state index < -0.39 is 0 Å². The average Bonchev–Trinajstić information content (AvgIpc) is 2.75. The minimum atomic E-state index is 0.574. The lowest BCUT2D eigenvalue weighted by Gasteiger charge is -2.20. The van der Waals surface area contributed by atoms with Crippen molar-refractivity contribution in [2.75, 3.05) is 18.4 Å². The molecule has 0 aliphatic carbocycles. The van der Waals surface area contributed by atoms with E-state index in [4.69, 9.17) is 0 Å². The van der Waals surface area contributed by atoms with Crippen LogP contribution in [0.25, 0.3) is 0 Å². The molecule has 1 aliphatic heterocycles. The summed E-state index contributed by atoms with van der Waals surface area (Å²) in [5, 5.41) is 7.94. The summed E-state index contributed by atoms with van der Waals surface area (Å²) < 4.78 is 1.87. The van der Waals surface area contributed by atoms with Crippen LogP contribution in [0.15, 0.2) is 6.20 Å². The lowest BCUT2D eigenvalue weighted by Crippen LogP contribution is -2.31. The first-order valence-electron chi connectivity index (χ1n) is 6.07. The van der Waals surface area contributed by atoms with Crippen LogP contribution in [-0.4, -0.2) is 39.9 Å². The molecule has 1 unspecified atom stereocenters. The van der Waals surface area contributed by atoms with Gasteiger partial charge in [0.05, 0.1) is 11.4 Å². The van der Waals surface area contributed by atoms with Crippen LogP contribution in [0, 0.1) is 6.92 Å². The number of hydrogen-bond donors (Lipinski definition) is 1. The van der Waals surface area contributed by atoms with Crippen LogP contribution in [0.3, 0.4) is 0 Å². The second kappa shape index (κ2) is 4.45. The first-order chi connectivity index (χ1) is 7.56.